The minimum Gasteiger partial charge on any atom is -0.462 e. The van der Waals surface area contributed by atoms with Crippen LogP contribution in [-0.2, 0) is 33.3 Å². The Morgan fingerprint density at radius 3 is 2.55 bits per heavy atom. The summed E-state index contributed by atoms with van der Waals surface area (Å²) >= 11 is 0. The molecule has 0 aromatic heterocycles. The van der Waals surface area contributed by atoms with Crippen LogP contribution >= 0.6 is 0 Å². The molecule has 1 aliphatic carbocycles. The molecular weight excluding hydrogens is 380 g/mol. The molecule has 4 fully saturated rings. The summed E-state index contributed by atoms with van der Waals surface area (Å²) < 4.78 is 21.8. The molecule has 0 radical (unpaired) electrons. The molecule has 1 aromatic carbocycles. The van der Waals surface area contributed by atoms with Crippen LogP contribution in [0.25, 0.3) is 0 Å². The van der Waals surface area contributed by atoms with Crippen molar-refractivity contribution in [2.24, 2.45) is 23.7 Å². The Kier molecular flexibility index (Phi) is 4.20. The lowest BCUT2D eigenvalue weighted by molar-refractivity contribution is -0.166. The van der Waals surface area contributed by atoms with E-state index in [1.54, 1.807) is 30.3 Å². The molecular formula is C21H20O8. The molecule has 152 valence electrons. The van der Waals surface area contributed by atoms with E-state index in [-0.39, 0.29) is 31.0 Å². The van der Waals surface area contributed by atoms with Crippen molar-refractivity contribution in [3.05, 3.63) is 35.9 Å². The first kappa shape index (κ1) is 18.3. The molecule has 4 aliphatic rings. The number of esters is 4. The van der Waals surface area contributed by atoms with E-state index in [1.165, 1.54) is 0 Å². The van der Waals surface area contributed by atoms with Gasteiger partial charge in [-0.05, 0) is 31.4 Å². The van der Waals surface area contributed by atoms with Crippen molar-refractivity contribution < 1.29 is 38.1 Å². The van der Waals surface area contributed by atoms with E-state index in [1.807, 2.05) is 0 Å². The standard InChI is InChI=1S/C21H20O8/c22-17(11-4-2-1-3-5-11)26-9-13-8-21(10-27-18(23)12-6-7-12)15-14(16(13)29-21)19(24)28-20(15)25/h1-5,12-16H,6-10H2/t13-,14+,15+,16-,21-/m0/s1. The van der Waals surface area contributed by atoms with Crippen LogP contribution in [0.15, 0.2) is 30.3 Å². The summed E-state index contributed by atoms with van der Waals surface area (Å²) in [6, 6.07) is 8.59. The molecule has 0 spiro atoms. The van der Waals surface area contributed by atoms with Gasteiger partial charge in [0.1, 0.15) is 24.0 Å². The third-order valence-electron chi connectivity index (χ3n) is 6.26. The first-order valence-electron chi connectivity index (χ1n) is 9.81. The summed E-state index contributed by atoms with van der Waals surface area (Å²) in [7, 11) is 0. The van der Waals surface area contributed by atoms with Gasteiger partial charge in [0.15, 0.2) is 0 Å². The first-order valence-corrected chi connectivity index (χ1v) is 9.81. The van der Waals surface area contributed by atoms with Gasteiger partial charge in [-0.2, -0.15) is 0 Å². The molecule has 8 heteroatoms. The summed E-state index contributed by atoms with van der Waals surface area (Å²) in [5.41, 5.74) is -0.676. The van der Waals surface area contributed by atoms with Gasteiger partial charge < -0.3 is 18.9 Å². The molecule has 3 aliphatic heterocycles. The highest BCUT2D eigenvalue weighted by Crippen LogP contribution is 2.57. The summed E-state index contributed by atoms with van der Waals surface area (Å²) in [6.45, 7) is -0.0626. The van der Waals surface area contributed by atoms with Crippen LogP contribution < -0.4 is 0 Å². The molecule has 8 nitrogen and oxygen atoms in total. The van der Waals surface area contributed by atoms with Crippen LogP contribution in [-0.4, -0.2) is 48.8 Å². The van der Waals surface area contributed by atoms with Gasteiger partial charge in [-0.15, -0.1) is 0 Å². The van der Waals surface area contributed by atoms with E-state index < -0.39 is 41.4 Å². The van der Waals surface area contributed by atoms with E-state index in [4.69, 9.17) is 18.9 Å². The van der Waals surface area contributed by atoms with Crippen molar-refractivity contribution in [1.29, 1.82) is 0 Å². The van der Waals surface area contributed by atoms with Gasteiger partial charge in [-0.3, -0.25) is 14.4 Å². The maximum Gasteiger partial charge on any atom is 0.338 e. The molecule has 0 N–H and O–H groups in total. The van der Waals surface area contributed by atoms with Crippen LogP contribution in [0.5, 0.6) is 0 Å². The van der Waals surface area contributed by atoms with Crippen molar-refractivity contribution in [3.63, 3.8) is 0 Å². The van der Waals surface area contributed by atoms with Crippen molar-refractivity contribution in [3.8, 4) is 0 Å². The third-order valence-corrected chi connectivity index (χ3v) is 6.26. The summed E-state index contributed by atoms with van der Waals surface area (Å²) in [4.78, 5) is 48.7. The lowest BCUT2D eigenvalue weighted by Gasteiger charge is -2.31. The zero-order chi connectivity index (χ0) is 20.2. The zero-order valence-electron chi connectivity index (χ0n) is 15.6. The molecule has 5 rings (SSSR count). The average Bonchev–Trinajstić information content (AvgIpc) is 3.35. The predicted octanol–water partition coefficient (Wildman–Crippen LogP) is 1.27. The Hall–Kier alpha value is -2.74. The molecule has 5 atom stereocenters. The average molecular weight is 400 g/mol. The number of carbonyl (C=O) groups is 4. The highest BCUT2D eigenvalue weighted by Gasteiger charge is 2.72. The first-order chi connectivity index (χ1) is 14.0. The van der Waals surface area contributed by atoms with Gasteiger partial charge in [0, 0.05) is 5.92 Å². The summed E-state index contributed by atoms with van der Waals surface area (Å²) in [5, 5.41) is 0. The normalized spacial score (nSPS) is 34.6. The lowest BCUT2D eigenvalue weighted by atomic mass is 9.69. The minimum atomic E-state index is -1.10. The molecule has 2 bridgehead atoms. The molecule has 0 amide bonds. The molecule has 29 heavy (non-hydrogen) atoms. The van der Waals surface area contributed by atoms with Gasteiger partial charge in [0.25, 0.3) is 0 Å². The Bertz CT molecular complexity index is 876. The Morgan fingerprint density at radius 2 is 1.83 bits per heavy atom. The van der Waals surface area contributed by atoms with E-state index in [0.29, 0.717) is 12.0 Å². The highest BCUT2D eigenvalue weighted by molar-refractivity contribution is 5.98. The largest absolute Gasteiger partial charge is 0.462 e. The second-order valence-corrected chi connectivity index (χ2v) is 8.20. The fourth-order valence-corrected chi connectivity index (χ4v) is 4.73. The van der Waals surface area contributed by atoms with Crippen molar-refractivity contribution in [2.75, 3.05) is 13.2 Å². The Morgan fingerprint density at radius 1 is 1.07 bits per heavy atom. The van der Waals surface area contributed by atoms with Gasteiger partial charge >= 0.3 is 23.9 Å². The van der Waals surface area contributed by atoms with Crippen molar-refractivity contribution in [2.45, 2.75) is 31.0 Å². The van der Waals surface area contributed by atoms with Gasteiger partial charge in [0.05, 0.1) is 24.2 Å². The fraction of sp³-hybridized carbons (Fsp3) is 0.524. The second-order valence-electron chi connectivity index (χ2n) is 8.20. The topological polar surface area (TPSA) is 105 Å². The molecule has 0 unspecified atom stereocenters. The molecule has 3 saturated heterocycles. The fourth-order valence-electron chi connectivity index (χ4n) is 4.73. The van der Waals surface area contributed by atoms with Crippen LogP contribution in [0.2, 0.25) is 0 Å². The van der Waals surface area contributed by atoms with E-state index >= 15 is 0 Å². The maximum atomic E-state index is 12.3. The minimum absolute atomic E-state index is 0.0431. The van der Waals surface area contributed by atoms with Gasteiger partial charge in [-0.25, -0.2) is 4.79 Å². The summed E-state index contributed by atoms with van der Waals surface area (Å²) in [5.74, 6) is -3.94. The number of ether oxygens (including phenoxy) is 4. The Balaban J connectivity index is 1.30. The smallest absolute Gasteiger partial charge is 0.338 e. The highest BCUT2D eigenvalue weighted by atomic mass is 16.6. The third kappa shape index (κ3) is 3.02. The number of hydrogen-bond donors (Lipinski definition) is 0. The van der Waals surface area contributed by atoms with Crippen LogP contribution in [0, 0.1) is 23.7 Å². The number of hydrogen-bond acceptors (Lipinski definition) is 8. The molecule has 1 aromatic rings. The lowest BCUT2D eigenvalue weighted by Crippen LogP contribution is -2.47. The number of benzene rings is 1. The van der Waals surface area contributed by atoms with E-state index in [9.17, 15) is 19.2 Å². The monoisotopic (exact) mass is 400 g/mol. The van der Waals surface area contributed by atoms with Crippen LogP contribution in [0.1, 0.15) is 29.6 Å². The Labute approximate surface area is 166 Å². The van der Waals surface area contributed by atoms with Crippen molar-refractivity contribution >= 4 is 23.9 Å². The van der Waals surface area contributed by atoms with E-state index in [0.717, 1.165) is 12.8 Å². The molecule has 1 saturated carbocycles. The number of cyclic esters (lactones) is 2. The SMILES string of the molecule is O=C(OC[C@@H]1C[C@@]2(COC(=O)C3CC3)O[C@@H]1[C@@H]1C(=O)OC(=O)[C@@H]12)c1ccccc1. The maximum absolute atomic E-state index is 12.3. The van der Waals surface area contributed by atoms with Crippen molar-refractivity contribution in [1.82, 2.24) is 0 Å². The summed E-state index contributed by atoms with van der Waals surface area (Å²) in [6.07, 6.45) is 1.35. The quantitative estimate of drug-likeness (QED) is 0.399. The van der Waals surface area contributed by atoms with E-state index in [2.05, 4.69) is 0 Å². The number of fused-ring (bicyclic) bond motifs is 5. The number of rotatable bonds is 6. The number of carbonyl (C=O) groups excluding carboxylic acids is 4. The van der Waals surface area contributed by atoms with Crippen LogP contribution in [0.3, 0.4) is 0 Å². The van der Waals surface area contributed by atoms with Crippen LogP contribution in [0.4, 0.5) is 0 Å². The second kappa shape index (κ2) is 6.66. The molecule has 3 heterocycles. The van der Waals surface area contributed by atoms with Gasteiger partial charge in [-0.1, -0.05) is 18.2 Å². The van der Waals surface area contributed by atoms with Gasteiger partial charge in [0.2, 0.25) is 0 Å². The zero-order valence-corrected chi connectivity index (χ0v) is 15.6. The predicted molar refractivity (Wildman–Crippen MR) is 94.2 cm³/mol.